The number of hydrogen-bond donors (Lipinski definition) is 1. The quantitative estimate of drug-likeness (QED) is 0.826. The summed E-state index contributed by atoms with van der Waals surface area (Å²) in [6.45, 7) is 2.10. The third-order valence-corrected chi connectivity index (χ3v) is 2.84. The summed E-state index contributed by atoms with van der Waals surface area (Å²) < 4.78 is 1.00. The summed E-state index contributed by atoms with van der Waals surface area (Å²) in [4.78, 5) is 10.7. The average Bonchev–Trinajstić information content (AvgIpc) is 2.25. The zero-order valence-electron chi connectivity index (χ0n) is 9.24. The van der Waals surface area contributed by atoms with Gasteiger partial charge in [-0.3, -0.25) is 0 Å². The van der Waals surface area contributed by atoms with Gasteiger partial charge in [-0.1, -0.05) is 41.4 Å². The summed E-state index contributed by atoms with van der Waals surface area (Å²) >= 11 is 3.36. The number of hydrogen-bond acceptors (Lipinski definition) is 1. The van der Waals surface area contributed by atoms with Crippen LogP contribution in [0.3, 0.4) is 0 Å². The van der Waals surface area contributed by atoms with Gasteiger partial charge in [-0.15, -0.1) is 0 Å². The molecule has 1 aromatic rings. The number of carboxylic acid groups (broad SMARTS) is 1. The molecule has 0 heterocycles. The van der Waals surface area contributed by atoms with Crippen molar-refractivity contribution < 1.29 is 9.90 Å². The number of halogens is 1. The Hall–Kier alpha value is -1.09. The Morgan fingerprint density at radius 1 is 1.38 bits per heavy atom. The molecule has 0 spiro atoms. The first kappa shape index (κ1) is 13.0. The minimum atomic E-state index is -0.881. The van der Waals surface area contributed by atoms with Crippen molar-refractivity contribution in [1.29, 1.82) is 0 Å². The minimum absolute atomic E-state index is 0.810. The van der Waals surface area contributed by atoms with E-state index in [-0.39, 0.29) is 0 Å². The van der Waals surface area contributed by atoms with Crippen molar-refractivity contribution in [3.05, 3.63) is 40.4 Å². The number of carboxylic acids is 1. The Morgan fingerprint density at radius 3 is 2.50 bits per heavy atom. The largest absolute Gasteiger partial charge is 0.478 e. The molecule has 1 rings (SSSR count). The molecule has 0 atom stereocenters. The highest BCUT2D eigenvalue weighted by Crippen LogP contribution is 2.22. The Kier molecular flexibility index (Phi) is 5.26. The highest BCUT2D eigenvalue weighted by Gasteiger charge is 2.03. The van der Waals surface area contributed by atoms with E-state index in [0.29, 0.717) is 0 Å². The van der Waals surface area contributed by atoms with Crippen molar-refractivity contribution in [2.75, 3.05) is 0 Å². The predicted octanol–water partition coefficient (Wildman–Crippen LogP) is 4.11. The molecular formula is C13H15BrO2. The molecule has 1 N–H and O–H groups in total. The third-order valence-electron chi connectivity index (χ3n) is 2.31. The van der Waals surface area contributed by atoms with E-state index in [2.05, 4.69) is 22.9 Å². The molecule has 0 amide bonds. The number of unbranched alkanes of at least 4 members (excludes halogenated alkanes) is 1. The minimum Gasteiger partial charge on any atom is -0.478 e. The first-order chi connectivity index (χ1) is 7.63. The maximum Gasteiger partial charge on any atom is 0.328 e. The van der Waals surface area contributed by atoms with Gasteiger partial charge in [0.15, 0.2) is 0 Å². The van der Waals surface area contributed by atoms with Crippen LogP contribution in [-0.2, 0) is 4.79 Å². The van der Waals surface area contributed by atoms with E-state index in [9.17, 15) is 4.79 Å². The maximum atomic E-state index is 10.7. The van der Waals surface area contributed by atoms with E-state index in [1.165, 1.54) is 6.08 Å². The molecule has 0 saturated carbocycles. The first-order valence-electron chi connectivity index (χ1n) is 5.33. The van der Waals surface area contributed by atoms with Crippen molar-refractivity contribution in [2.45, 2.75) is 26.2 Å². The van der Waals surface area contributed by atoms with Crippen LogP contribution in [0.5, 0.6) is 0 Å². The Bertz CT molecular complexity index is 379. The van der Waals surface area contributed by atoms with Gasteiger partial charge in [-0.25, -0.2) is 4.79 Å². The van der Waals surface area contributed by atoms with E-state index in [4.69, 9.17) is 5.11 Å². The molecule has 0 aromatic heterocycles. The van der Waals surface area contributed by atoms with Crippen molar-refractivity contribution in [3.8, 4) is 0 Å². The predicted molar refractivity (Wildman–Crippen MR) is 69.3 cm³/mol. The lowest BCUT2D eigenvalue weighted by Crippen LogP contribution is -1.93. The summed E-state index contributed by atoms with van der Waals surface area (Å²) in [6, 6.07) is 7.73. The number of allylic oxidation sites excluding steroid dienone is 1. The summed E-state index contributed by atoms with van der Waals surface area (Å²) in [5, 5.41) is 8.81. The molecule has 0 bridgehead atoms. The molecule has 0 aliphatic carbocycles. The van der Waals surface area contributed by atoms with Crippen LogP contribution in [0.1, 0.15) is 31.7 Å². The molecule has 0 aliphatic heterocycles. The lowest BCUT2D eigenvalue weighted by Gasteiger charge is -2.06. The van der Waals surface area contributed by atoms with Gasteiger partial charge < -0.3 is 5.11 Å². The molecule has 0 unspecified atom stereocenters. The Balaban J connectivity index is 2.92. The molecule has 0 radical (unpaired) electrons. The molecule has 2 nitrogen and oxygen atoms in total. The van der Waals surface area contributed by atoms with Gasteiger partial charge in [0, 0.05) is 10.5 Å². The third kappa shape index (κ3) is 4.19. The average molecular weight is 283 g/mol. The Morgan fingerprint density at radius 2 is 2.00 bits per heavy atom. The fraction of sp³-hybridized carbons (Fsp3) is 0.308. The molecule has 0 saturated heterocycles. The van der Waals surface area contributed by atoms with Gasteiger partial charge in [0.25, 0.3) is 0 Å². The maximum absolute atomic E-state index is 10.7. The number of rotatable bonds is 5. The molecule has 3 heteroatoms. The van der Waals surface area contributed by atoms with Crippen LogP contribution in [-0.4, -0.2) is 11.1 Å². The van der Waals surface area contributed by atoms with Crippen LogP contribution < -0.4 is 0 Å². The standard InChI is InChI=1S/C13H15BrO2/c1-2-3-4-11(9-13(15)16)10-5-7-12(14)8-6-10/h5-9H,2-4H2,1H3,(H,15,16)/b11-9+. The van der Waals surface area contributed by atoms with Gasteiger partial charge in [0.1, 0.15) is 0 Å². The van der Waals surface area contributed by atoms with Gasteiger partial charge in [0.2, 0.25) is 0 Å². The smallest absolute Gasteiger partial charge is 0.328 e. The number of aliphatic carboxylic acids is 1. The first-order valence-corrected chi connectivity index (χ1v) is 6.12. The fourth-order valence-electron chi connectivity index (χ4n) is 1.48. The van der Waals surface area contributed by atoms with E-state index in [1.54, 1.807) is 0 Å². The zero-order valence-corrected chi connectivity index (χ0v) is 10.8. The van der Waals surface area contributed by atoms with E-state index < -0.39 is 5.97 Å². The highest BCUT2D eigenvalue weighted by atomic mass is 79.9. The van der Waals surface area contributed by atoms with Crippen LogP contribution in [0.2, 0.25) is 0 Å². The summed E-state index contributed by atoms with van der Waals surface area (Å²) in [5.74, 6) is -0.881. The van der Waals surface area contributed by atoms with Crippen LogP contribution in [0.4, 0.5) is 0 Å². The van der Waals surface area contributed by atoms with E-state index in [0.717, 1.165) is 34.9 Å². The van der Waals surface area contributed by atoms with Crippen LogP contribution in [0, 0.1) is 0 Å². The molecule has 0 fully saturated rings. The topological polar surface area (TPSA) is 37.3 Å². The van der Waals surface area contributed by atoms with E-state index >= 15 is 0 Å². The summed E-state index contributed by atoms with van der Waals surface area (Å²) in [5.41, 5.74) is 1.88. The van der Waals surface area contributed by atoms with E-state index in [1.807, 2.05) is 24.3 Å². The van der Waals surface area contributed by atoms with Gasteiger partial charge in [-0.05, 0) is 36.1 Å². The lowest BCUT2D eigenvalue weighted by molar-refractivity contribution is -0.131. The van der Waals surface area contributed by atoms with Gasteiger partial charge in [-0.2, -0.15) is 0 Å². The zero-order chi connectivity index (χ0) is 12.0. The van der Waals surface area contributed by atoms with Crippen molar-refractivity contribution in [1.82, 2.24) is 0 Å². The monoisotopic (exact) mass is 282 g/mol. The summed E-state index contributed by atoms with van der Waals surface area (Å²) in [7, 11) is 0. The van der Waals surface area contributed by atoms with Crippen molar-refractivity contribution in [2.24, 2.45) is 0 Å². The highest BCUT2D eigenvalue weighted by molar-refractivity contribution is 9.10. The second-order valence-electron chi connectivity index (χ2n) is 3.62. The fourth-order valence-corrected chi connectivity index (χ4v) is 1.74. The Labute approximate surface area is 104 Å². The molecule has 0 aliphatic rings. The van der Waals surface area contributed by atoms with Crippen LogP contribution in [0.15, 0.2) is 34.8 Å². The molecule has 86 valence electrons. The van der Waals surface area contributed by atoms with Gasteiger partial charge >= 0.3 is 5.97 Å². The van der Waals surface area contributed by atoms with Crippen molar-refractivity contribution >= 4 is 27.5 Å². The second kappa shape index (κ2) is 6.48. The molecule has 1 aromatic carbocycles. The van der Waals surface area contributed by atoms with Crippen LogP contribution >= 0.6 is 15.9 Å². The second-order valence-corrected chi connectivity index (χ2v) is 4.53. The number of benzene rings is 1. The van der Waals surface area contributed by atoms with Crippen LogP contribution in [0.25, 0.3) is 5.57 Å². The number of carbonyl (C=O) groups is 1. The molecule has 16 heavy (non-hydrogen) atoms. The normalized spacial score (nSPS) is 11.5. The van der Waals surface area contributed by atoms with Gasteiger partial charge in [0.05, 0.1) is 0 Å². The lowest BCUT2D eigenvalue weighted by atomic mass is 10.00. The SMILES string of the molecule is CCCC/C(=C\C(=O)O)c1ccc(Br)cc1. The molecular weight excluding hydrogens is 268 g/mol. The van der Waals surface area contributed by atoms with Crippen molar-refractivity contribution in [3.63, 3.8) is 0 Å². The summed E-state index contributed by atoms with van der Waals surface area (Å²) in [6.07, 6.45) is 4.19.